The van der Waals surface area contributed by atoms with Crippen molar-refractivity contribution in [1.82, 2.24) is 4.31 Å². The number of hydrogen-bond donors (Lipinski definition) is 1. The number of piperidine rings is 1. The van der Waals surface area contributed by atoms with Crippen molar-refractivity contribution >= 4 is 21.6 Å². The van der Waals surface area contributed by atoms with Crippen LogP contribution in [0.15, 0.2) is 59.5 Å². The Labute approximate surface area is 178 Å². The van der Waals surface area contributed by atoms with Crippen LogP contribution < -0.4 is 10.1 Å². The van der Waals surface area contributed by atoms with Crippen LogP contribution in [0.1, 0.15) is 19.8 Å². The Balaban J connectivity index is 1.61. The topological polar surface area (TPSA) is 84.9 Å². The SMILES string of the molecule is CCOCCOc1ccc(S(=O)(=O)N2CCCC(C(=O)Nc3ccccc3)C2)cc1. The van der Waals surface area contributed by atoms with Gasteiger partial charge in [-0.15, -0.1) is 0 Å². The van der Waals surface area contributed by atoms with Crippen molar-refractivity contribution in [2.24, 2.45) is 5.92 Å². The van der Waals surface area contributed by atoms with Crippen molar-refractivity contribution < 1.29 is 22.7 Å². The number of anilines is 1. The summed E-state index contributed by atoms with van der Waals surface area (Å²) in [6.45, 7) is 4.01. The van der Waals surface area contributed by atoms with Gasteiger partial charge >= 0.3 is 0 Å². The number of carbonyl (C=O) groups excluding carboxylic acids is 1. The zero-order valence-corrected chi connectivity index (χ0v) is 17.9. The van der Waals surface area contributed by atoms with Crippen molar-refractivity contribution in [2.75, 3.05) is 38.2 Å². The third-order valence-electron chi connectivity index (χ3n) is 4.96. The molecule has 1 unspecified atom stereocenters. The lowest BCUT2D eigenvalue weighted by molar-refractivity contribution is -0.120. The molecule has 7 nitrogen and oxygen atoms in total. The fourth-order valence-electron chi connectivity index (χ4n) is 3.36. The first-order valence-electron chi connectivity index (χ1n) is 10.2. The van der Waals surface area contributed by atoms with Gasteiger partial charge in [-0.1, -0.05) is 18.2 Å². The molecule has 1 heterocycles. The number of rotatable bonds is 9. The monoisotopic (exact) mass is 432 g/mol. The molecule has 0 aromatic heterocycles. The smallest absolute Gasteiger partial charge is 0.243 e. The quantitative estimate of drug-likeness (QED) is 0.616. The molecule has 1 atom stereocenters. The number of nitrogens with zero attached hydrogens (tertiary/aromatic N) is 1. The van der Waals surface area contributed by atoms with Gasteiger partial charge in [0.05, 0.1) is 17.4 Å². The maximum absolute atomic E-state index is 13.1. The molecule has 0 spiro atoms. The fourth-order valence-corrected chi connectivity index (χ4v) is 4.88. The van der Waals surface area contributed by atoms with Crippen LogP contribution in [-0.2, 0) is 19.6 Å². The van der Waals surface area contributed by atoms with Crippen LogP contribution in [0.25, 0.3) is 0 Å². The van der Waals surface area contributed by atoms with Gasteiger partial charge in [0.2, 0.25) is 15.9 Å². The Bertz CT molecular complexity index is 916. The van der Waals surface area contributed by atoms with Crippen LogP contribution in [0.2, 0.25) is 0 Å². The first-order valence-corrected chi connectivity index (χ1v) is 11.6. The molecule has 2 aromatic carbocycles. The molecule has 0 bridgehead atoms. The summed E-state index contributed by atoms with van der Waals surface area (Å²) in [4.78, 5) is 12.8. The number of sulfonamides is 1. The average Bonchev–Trinajstić information content (AvgIpc) is 2.78. The number of amides is 1. The van der Waals surface area contributed by atoms with Crippen LogP contribution >= 0.6 is 0 Å². The normalized spacial score (nSPS) is 17.4. The summed E-state index contributed by atoms with van der Waals surface area (Å²) >= 11 is 0. The molecule has 0 saturated carbocycles. The van der Waals surface area contributed by atoms with Crippen molar-refractivity contribution in [3.63, 3.8) is 0 Å². The number of carbonyl (C=O) groups is 1. The highest BCUT2D eigenvalue weighted by atomic mass is 32.2. The third kappa shape index (κ3) is 5.81. The molecule has 1 aliphatic rings. The van der Waals surface area contributed by atoms with Crippen molar-refractivity contribution in [2.45, 2.75) is 24.7 Å². The second-order valence-electron chi connectivity index (χ2n) is 7.07. The summed E-state index contributed by atoms with van der Waals surface area (Å²) < 4.78 is 38.3. The number of benzene rings is 2. The molecule has 1 amide bonds. The molecule has 8 heteroatoms. The minimum absolute atomic E-state index is 0.154. The van der Waals surface area contributed by atoms with E-state index in [1.165, 1.54) is 4.31 Å². The van der Waals surface area contributed by atoms with Gasteiger partial charge in [-0.2, -0.15) is 4.31 Å². The van der Waals surface area contributed by atoms with E-state index in [2.05, 4.69) is 5.32 Å². The maximum atomic E-state index is 13.1. The summed E-state index contributed by atoms with van der Waals surface area (Å²) in [5.74, 6) is 0.0569. The van der Waals surface area contributed by atoms with Crippen LogP contribution in [0.5, 0.6) is 5.75 Å². The van der Waals surface area contributed by atoms with E-state index >= 15 is 0 Å². The fraction of sp³-hybridized carbons (Fsp3) is 0.409. The highest BCUT2D eigenvalue weighted by Crippen LogP contribution is 2.26. The second kappa shape index (κ2) is 10.6. The second-order valence-corrected chi connectivity index (χ2v) is 9.01. The Morgan fingerprint density at radius 2 is 1.83 bits per heavy atom. The van der Waals surface area contributed by atoms with Crippen LogP contribution in [0.3, 0.4) is 0 Å². The molecular weight excluding hydrogens is 404 g/mol. The summed E-state index contributed by atoms with van der Waals surface area (Å²) in [5.41, 5.74) is 0.711. The number of ether oxygens (including phenoxy) is 2. The number of nitrogens with one attached hydrogen (secondary N) is 1. The Kier molecular flexibility index (Phi) is 7.84. The summed E-state index contributed by atoms with van der Waals surface area (Å²) in [6.07, 6.45) is 1.31. The van der Waals surface area contributed by atoms with E-state index in [-0.39, 0.29) is 23.3 Å². The zero-order valence-electron chi connectivity index (χ0n) is 17.1. The van der Waals surface area contributed by atoms with E-state index in [0.29, 0.717) is 50.6 Å². The molecule has 2 aromatic rings. The molecule has 1 aliphatic heterocycles. The number of para-hydroxylation sites is 1. The minimum atomic E-state index is -3.67. The summed E-state index contributed by atoms with van der Waals surface area (Å²) in [7, 11) is -3.67. The highest BCUT2D eigenvalue weighted by Gasteiger charge is 2.33. The first-order chi connectivity index (χ1) is 14.5. The van der Waals surface area contributed by atoms with Crippen LogP contribution in [-0.4, -0.2) is 51.5 Å². The van der Waals surface area contributed by atoms with Crippen LogP contribution in [0, 0.1) is 5.92 Å². The third-order valence-corrected chi connectivity index (χ3v) is 6.84. The van der Waals surface area contributed by atoms with E-state index < -0.39 is 10.0 Å². The Hall–Kier alpha value is -2.42. The molecule has 30 heavy (non-hydrogen) atoms. The standard InChI is InChI=1S/C22H28N2O5S/c1-2-28-15-16-29-20-10-12-21(13-11-20)30(26,27)24-14-6-7-18(17-24)22(25)23-19-8-4-3-5-9-19/h3-5,8-13,18H,2,6-7,14-17H2,1H3,(H,23,25). The largest absolute Gasteiger partial charge is 0.491 e. The predicted molar refractivity (Wildman–Crippen MR) is 115 cm³/mol. The molecule has 1 N–H and O–H groups in total. The molecule has 1 saturated heterocycles. The molecular formula is C22H28N2O5S. The first kappa shape index (κ1) is 22.3. The van der Waals surface area contributed by atoms with Gasteiger partial charge in [0, 0.05) is 25.4 Å². The molecule has 0 radical (unpaired) electrons. The van der Waals surface area contributed by atoms with Crippen molar-refractivity contribution in [1.29, 1.82) is 0 Å². The van der Waals surface area contributed by atoms with E-state index in [4.69, 9.17) is 9.47 Å². The lowest BCUT2D eigenvalue weighted by Gasteiger charge is -2.31. The molecule has 1 fully saturated rings. The van der Waals surface area contributed by atoms with Gasteiger partial charge in [-0.25, -0.2) is 8.42 Å². The van der Waals surface area contributed by atoms with E-state index in [9.17, 15) is 13.2 Å². The van der Waals surface area contributed by atoms with Gasteiger partial charge in [0.25, 0.3) is 0 Å². The van der Waals surface area contributed by atoms with Gasteiger partial charge in [0.15, 0.2) is 0 Å². The summed E-state index contributed by atoms with van der Waals surface area (Å²) in [6, 6.07) is 15.6. The molecule has 0 aliphatic carbocycles. The average molecular weight is 433 g/mol. The summed E-state index contributed by atoms with van der Waals surface area (Å²) in [5, 5.41) is 2.87. The van der Waals surface area contributed by atoms with Crippen molar-refractivity contribution in [3.8, 4) is 5.75 Å². The lowest BCUT2D eigenvalue weighted by Crippen LogP contribution is -2.43. The van der Waals surface area contributed by atoms with Gasteiger partial charge in [-0.3, -0.25) is 4.79 Å². The van der Waals surface area contributed by atoms with Gasteiger partial charge in [-0.05, 0) is 56.2 Å². The predicted octanol–water partition coefficient (Wildman–Crippen LogP) is 3.14. The highest BCUT2D eigenvalue weighted by molar-refractivity contribution is 7.89. The molecule has 162 valence electrons. The number of hydrogen-bond acceptors (Lipinski definition) is 5. The van der Waals surface area contributed by atoms with Crippen LogP contribution in [0.4, 0.5) is 5.69 Å². The molecule has 3 rings (SSSR count). The maximum Gasteiger partial charge on any atom is 0.243 e. The zero-order chi connectivity index (χ0) is 21.4. The van der Waals surface area contributed by atoms with E-state index in [1.807, 2.05) is 37.3 Å². The Morgan fingerprint density at radius 1 is 1.10 bits per heavy atom. The Morgan fingerprint density at radius 3 is 2.53 bits per heavy atom. The van der Waals surface area contributed by atoms with Gasteiger partial charge in [0.1, 0.15) is 12.4 Å². The lowest BCUT2D eigenvalue weighted by atomic mass is 9.99. The van der Waals surface area contributed by atoms with E-state index in [0.717, 1.165) is 0 Å². The van der Waals surface area contributed by atoms with E-state index in [1.54, 1.807) is 24.3 Å². The van der Waals surface area contributed by atoms with Gasteiger partial charge < -0.3 is 14.8 Å². The minimum Gasteiger partial charge on any atom is -0.491 e. The van der Waals surface area contributed by atoms with Crippen molar-refractivity contribution in [3.05, 3.63) is 54.6 Å².